The lowest BCUT2D eigenvalue weighted by Crippen LogP contribution is -2.38. The van der Waals surface area contributed by atoms with Crippen molar-refractivity contribution in [3.05, 3.63) is 99.7 Å². The molecule has 0 radical (unpaired) electrons. The van der Waals surface area contributed by atoms with E-state index in [1.165, 1.54) is 12.1 Å². The van der Waals surface area contributed by atoms with E-state index >= 15 is 0 Å². The molecule has 210 valence electrons. The summed E-state index contributed by atoms with van der Waals surface area (Å²) in [4.78, 5) is 18.4. The lowest BCUT2D eigenvalue weighted by molar-refractivity contribution is -0.137. The second-order valence-corrected chi connectivity index (χ2v) is 10.7. The number of rotatable bonds is 7. The Morgan fingerprint density at radius 3 is 2.48 bits per heavy atom. The minimum Gasteiger partial charge on any atom is -0.490 e. The first-order valence-corrected chi connectivity index (χ1v) is 13.5. The van der Waals surface area contributed by atoms with Gasteiger partial charge in [-0.05, 0) is 86.7 Å². The fraction of sp³-hybridized carbons (Fsp3) is 0.387. The number of hydrogen-bond donors (Lipinski definition) is 0. The number of ether oxygens (including phenoxy) is 2. The number of piperidine rings is 1. The molecule has 0 saturated carbocycles. The van der Waals surface area contributed by atoms with Gasteiger partial charge in [0.15, 0.2) is 0 Å². The molecule has 5 rings (SSSR count). The Morgan fingerprint density at radius 1 is 1.05 bits per heavy atom. The SMILES string of the molecule is CC(C)(N=O)c1ccc2c(c1)/C(=C/CCN1CCC(Oc3ccc(C(F)(F)F)cc3)CC1)c1cccnc1CO2. The van der Waals surface area contributed by atoms with Gasteiger partial charge in [0.1, 0.15) is 29.7 Å². The maximum absolute atomic E-state index is 12.8. The van der Waals surface area contributed by atoms with Crippen LogP contribution in [-0.2, 0) is 18.3 Å². The third kappa shape index (κ3) is 6.20. The molecule has 1 saturated heterocycles. The van der Waals surface area contributed by atoms with Crippen LogP contribution in [0.2, 0.25) is 0 Å². The number of aromatic nitrogens is 1. The topological polar surface area (TPSA) is 64.0 Å². The molecule has 0 N–H and O–H groups in total. The maximum atomic E-state index is 12.8. The van der Waals surface area contributed by atoms with Crippen molar-refractivity contribution in [1.29, 1.82) is 0 Å². The molecule has 6 nitrogen and oxygen atoms in total. The molecule has 0 atom stereocenters. The molecule has 9 heteroatoms. The van der Waals surface area contributed by atoms with Crippen LogP contribution < -0.4 is 9.47 Å². The van der Waals surface area contributed by atoms with Gasteiger partial charge < -0.3 is 14.4 Å². The Bertz CT molecular complexity index is 1380. The average molecular weight is 552 g/mol. The summed E-state index contributed by atoms with van der Waals surface area (Å²) in [5.41, 5.74) is 3.10. The molecule has 40 heavy (non-hydrogen) atoms. The van der Waals surface area contributed by atoms with Crippen LogP contribution in [-0.4, -0.2) is 35.6 Å². The Morgan fingerprint density at radius 2 is 1.77 bits per heavy atom. The van der Waals surface area contributed by atoms with Crippen LogP contribution in [0.4, 0.5) is 13.2 Å². The number of nitrogens with zero attached hydrogens (tertiary/aromatic N) is 3. The number of halogens is 3. The number of pyridine rings is 1. The van der Waals surface area contributed by atoms with Gasteiger partial charge >= 0.3 is 6.18 Å². The molecule has 0 spiro atoms. The van der Waals surface area contributed by atoms with Crippen molar-refractivity contribution in [3.8, 4) is 11.5 Å². The summed E-state index contributed by atoms with van der Waals surface area (Å²) in [5.74, 6) is 1.21. The number of benzene rings is 2. The first-order valence-electron chi connectivity index (χ1n) is 13.5. The van der Waals surface area contributed by atoms with E-state index in [1.54, 1.807) is 20.0 Å². The van der Waals surface area contributed by atoms with Crippen LogP contribution in [0.15, 0.2) is 72.0 Å². The Hall–Kier alpha value is -3.72. The Kier molecular flexibility index (Phi) is 7.94. The molecule has 0 aliphatic carbocycles. The first kappa shape index (κ1) is 27.8. The zero-order valence-electron chi connectivity index (χ0n) is 22.6. The second kappa shape index (κ2) is 11.4. The van der Waals surface area contributed by atoms with Crippen molar-refractivity contribution in [2.75, 3.05) is 19.6 Å². The molecule has 2 aliphatic heterocycles. The highest BCUT2D eigenvalue weighted by atomic mass is 19.4. The zero-order valence-corrected chi connectivity index (χ0v) is 22.6. The molecular weight excluding hydrogens is 519 g/mol. The van der Waals surface area contributed by atoms with Crippen molar-refractivity contribution in [2.45, 2.75) is 57.5 Å². The summed E-state index contributed by atoms with van der Waals surface area (Å²) >= 11 is 0. The Balaban J connectivity index is 1.25. The van der Waals surface area contributed by atoms with Crippen molar-refractivity contribution in [3.63, 3.8) is 0 Å². The number of nitroso groups, excluding NO2 is 1. The van der Waals surface area contributed by atoms with Gasteiger partial charge in [-0.2, -0.15) is 13.2 Å². The quantitative estimate of drug-likeness (QED) is 0.287. The highest BCUT2D eigenvalue weighted by Gasteiger charge is 2.30. The lowest BCUT2D eigenvalue weighted by Gasteiger charge is -2.32. The van der Waals surface area contributed by atoms with E-state index in [0.29, 0.717) is 12.4 Å². The van der Waals surface area contributed by atoms with E-state index in [1.807, 2.05) is 30.3 Å². The minimum atomic E-state index is -4.35. The summed E-state index contributed by atoms with van der Waals surface area (Å²) in [5, 5.41) is 3.32. The largest absolute Gasteiger partial charge is 0.490 e. The average Bonchev–Trinajstić information content (AvgIpc) is 3.10. The van der Waals surface area contributed by atoms with Crippen molar-refractivity contribution in [2.24, 2.45) is 5.18 Å². The smallest absolute Gasteiger partial charge is 0.416 e. The molecular formula is C31H32F3N3O3. The summed E-state index contributed by atoms with van der Waals surface area (Å²) in [7, 11) is 0. The van der Waals surface area contributed by atoms with Gasteiger partial charge in [0.2, 0.25) is 0 Å². The summed E-state index contributed by atoms with van der Waals surface area (Å²) in [6, 6.07) is 14.6. The number of fused-ring (bicyclic) bond motifs is 2. The predicted molar refractivity (Wildman–Crippen MR) is 147 cm³/mol. The summed E-state index contributed by atoms with van der Waals surface area (Å²) in [6.07, 6.45) is 2.00. The second-order valence-electron chi connectivity index (χ2n) is 10.7. The van der Waals surface area contributed by atoms with Gasteiger partial charge in [0.25, 0.3) is 0 Å². The monoisotopic (exact) mass is 551 g/mol. The summed E-state index contributed by atoms with van der Waals surface area (Å²) < 4.78 is 50.5. The fourth-order valence-electron chi connectivity index (χ4n) is 5.17. The van der Waals surface area contributed by atoms with Crippen molar-refractivity contribution < 1.29 is 22.6 Å². The highest BCUT2D eigenvalue weighted by molar-refractivity contribution is 5.84. The molecule has 2 aliphatic rings. The molecule has 1 aromatic heterocycles. The van der Waals surface area contributed by atoms with E-state index < -0.39 is 17.3 Å². The van der Waals surface area contributed by atoms with Crippen LogP contribution in [0, 0.1) is 4.91 Å². The molecule has 2 aromatic carbocycles. The standard InChI is InChI=1S/C31H32F3N3O3/c1-30(2,36-38)22-9-12-29-27(19-22)25(26-5-3-15-35-28(26)20-39-29)6-4-16-37-17-13-24(14-18-37)40-23-10-7-21(8-11-23)31(32,33)34/h3,5-12,15,19,24H,4,13-14,16-18,20H2,1-2H3/b25-6+. The van der Waals surface area contributed by atoms with Gasteiger partial charge in [-0.15, -0.1) is 4.91 Å². The van der Waals surface area contributed by atoms with Crippen LogP contribution in [0.3, 0.4) is 0 Å². The zero-order chi connectivity index (χ0) is 28.3. The lowest BCUT2D eigenvalue weighted by atomic mass is 9.89. The van der Waals surface area contributed by atoms with Crippen LogP contribution >= 0.6 is 0 Å². The van der Waals surface area contributed by atoms with Crippen LogP contribution in [0.5, 0.6) is 11.5 Å². The van der Waals surface area contributed by atoms with Gasteiger partial charge in [-0.3, -0.25) is 4.98 Å². The van der Waals surface area contributed by atoms with E-state index in [2.05, 4.69) is 21.1 Å². The Labute approximate surface area is 231 Å². The third-order valence-corrected chi connectivity index (χ3v) is 7.56. The fourth-order valence-corrected chi connectivity index (χ4v) is 5.17. The number of alkyl halides is 3. The maximum Gasteiger partial charge on any atom is 0.416 e. The normalized spacial score (nSPS) is 17.5. The van der Waals surface area contributed by atoms with E-state index in [0.717, 1.165) is 84.7 Å². The van der Waals surface area contributed by atoms with E-state index in [-0.39, 0.29) is 6.10 Å². The van der Waals surface area contributed by atoms with Crippen LogP contribution in [0.25, 0.3) is 5.57 Å². The van der Waals surface area contributed by atoms with Gasteiger partial charge in [-0.25, -0.2) is 0 Å². The van der Waals surface area contributed by atoms with Crippen LogP contribution in [0.1, 0.15) is 61.1 Å². The van der Waals surface area contributed by atoms with Crippen molar-refractivity contribution in [1.82, 2.24) is 9.88 Å². The molecule has 0 amide bonds. The molecule has 0 unspecified atom stereocenters. The van der Waals surface area contributed by atoms with Gasteiger partial charge in [0.05, 0.1) is 11.3 Å². The highest BCUT2D eigenvalue weighted by Crippen LogP contribution is 2.39. The van der Waals surface area contributed by atoms with Gasteiger partial charge in [-0.1, -0.05) is 23.4 Å². The molecule has 1 fully saturated rings. The van der Waals surface area contributed by atoms with E-state index in [4.69, 9.17) is 9.47 Å². The third-order valence-electron chi connectivity index (χ3n) is 7.56. The predicted octanol–water partition coefficient (Wildman–Crippen LogP) is 7.36. The summed E-state index contributed by atoms with van der Waals surface area (Å²) in [6.45, 7) is 6.49. The number of likely N-dealkylation sites (tertiary alicyclic amines) is 1. The number of hydrogen-bond acceptors (Lipinski definition) is 6. The van der Waals surface area contributed by atoms with Crippen molar-refractivity contribution >= 4 is 5.57 Å². The van der Waals surface area contributed by atoms with Gasteiger partial charge in [0, 0.05) is 37.0 Å². The molecule has 3 aromatic rings. The minimum absolute atomic E-state index is 0.0246. The molecule has 3 heterocycles. The first-order chi connectivity index (χ1) is 19.1. The molecule has 0 bridgehead atoms. The van der Waals surface area contributed by atoms with E-state index in [9.17, 15) is 18.1 Å².